The first kappa shape index (κ1) is 6.81. The lowest BCUT2D eigenvalue weighted by Crippen LogP contribution is -1.77. The van der Waals surface area contributed by atoms with Crippen LogP contribution in [0.15, 0.2) is 29.3 Å². The van der Waals surface area contributed by atoms with Gasteiger partial charge in [0.25, 0.3) is 0 Å². The molecule has 52 valence electrons. The molecule has 0 unspecified atom stereocenters. The Morgan fingerprint density at radius 2 is 1.90 bits per heavy atom. The Balaban J connectivity index is 2.89. The normalized spacial score (nSPS) is 10.5. The number of phenols is 1. The number of aliphatic imine (C=N–C) groups is 1. The Kier molecular flexibility index (Phi) is 2.05. The van der Waals surface area contributed by atoms with Crippen LogP contribution in [0.2, 0.25) is 0 Å². The fourth-order valence-corrected chi connectivity index (χ4v) is 0.709. The number of benzene rings is 1. The minimum Gasteiger partial charge on any atom is -0.508 e. The van der Waals surface area contributed by atoms with Crippen LogP contribution < -0.4 is 0 Å². The summed E-state index contributed by atoms with van der Waals surface area (Å²) in [6, 6.07) is 6.89. The molecule has 2 heteroatoms. The second-order valence-electron chi connectivity index (χ2n) is 1.98. The molecule has 0 saturated heterocycles. The zero-order chi connectivity index (χ0) is 7.40. The summed E-state index contributed by atoms with van der Waals surface area (Å²) in [6.45, 7) is 0. The van der Waals surface area contributed by atoms with Crippen LogP contribution in [0, 0.1) is 0 Å². The molecule has 0 spiro atoms. The SMILES string of the molecule is CN=Cc1ccc(O)cc1. The second-order valence-corrected chi connectivity index (χ2v) is 1.98. The molecule has 1 aromatic carbocycles. The molecule has 0 aliphatic heterocycles. The van der Waals surface area contributed by atoms with E-state index in [4.69, 9.17) is 5.11 Å². The topological polar surface area (TPSA) is 32.6 Å². The van der Waals surface area contributed by atoms with Crippen molar-refractivity contribution >= 4 is 6.21 Å². The van der Waals surface area contributed by atoms with Crippen molar-refractivity contribution in [2.24, 2.45) is 4.99 Å². The van der Waals surface area contributed by atoms with Gasteiger partial charge in [0.1, 0.15) is 5.75 Å². The third kappa shape index (κ3) is 1.58. The van der Waals surface area contributed by atoms with Crippen molar-refractivity contribution in [2.45, 2.75) is 0 Å². The van der Waals surface area contributed by atoms with Gasteiger partial charge in [-0.25, -0.2) is 0 Å². The second kappa shape index (κ2) is 3.01. The van der Waals surface area contributed by atoms with Gasteiger partial charge in [-0.2, -0.15) is 0 Å². The Bertz CT molecular complexity index is 226. The van der Waals surface area contributed by atoms with Crippen LogP contribution in [0.25, 0.3) is 0 Å². The molecule has 0 fully saturated rings. The summed E-state index contributed by atoms with van der Waals surface area (Å²) in [7, 11) is 1.72. The quantitative estimate of drug-likeness (QED) is 0.580. The average molecular weight is 135 g/mol. The Hall–Kier alpha value is -1.31. The zero-order valence-electron chi connectivity index (χ0n) is 5.78. The fourth-order valence-electron chi connectivity index (χ4n) is 0.709. The molecule has 2 nitrogen and oxygen atoms in total. The third-order valence-electron chi connectivity index (χ3n) is 1.17. The van der Waals surface area contributed by atoms with Gasteiger partial charge in [0.15, 0.2) is 0 Å². The van der Waals surface area contributed by atoms with E-state index in [1.165, 1.54) is 0 Å². The van der Waals surface area contributed by atoms with Crippen molar-refractivity contribution in [1.82, 2.24) is 0 Å². The number of phenolic OH excluding ortho intramolecular Hbond substituents is 1. The van der Waals surface area contributed by atoms with Gasteiger partial charge in [0.05, 0.1) is 0 Å². The van der Waals surface area contributed by atoms with Gasteiger partial charge < -0.3 is 5.11 Å². The third-order valence-corrected chi connectivity index (χ3v) is 1.17. The maximum atomic E-state index is 8.88. The summed E-state index contributed by atoms with van der Waals surface area (Å²) >= 11 is 0. The van der Waals surface area contributed by atoms with Gasteiger partial charge >= 0.3 is 0 Å². The molecule has 10 heavy (non-hydrogen) atoms. The minimum absolute atomic E-state index is 0.285. The van der Waals surface area contributed by atoms with Crippen LogP contribution in [0.4, 0.5) is 0 Å². The molecule has 0 bridgehead atoms. The standard InChI is InChI=1S/C8H9NO/c1-9-6-7-2-4-8(10)5-3-7/h2-6,10H,1H3. The van der Waals surface area contributed by atoms with Crippen LogP contribution in [0.1, 0.15) is 5.56 Å². The molecule has 0 radical (unpaired) electrons. The molecular weight excluding hydrogens is 126 g/mol. The number of nitrogens with zero attached hydrogens (tertiary/aromatic N) is 1. The summed E-state index contributed by atoms with van der Waals surface area (Å²) in [5, 5.41) is 8.88. The number of hydrogen-bond acceptors (Lipinski definition) is 2. The van der Waals surface area contributed by atoms with Crippen molar-refractivity contribution in [3.05, 3.63) is 29.8 Å². The lowest BCUT2D eigenvalue weighted by atomic mass is 10.2. The molecule has 1 N–H and O–H groups in total. The molecule has 1 rings (SSSR count). The van der Waals surface area contributed by atoms with E-state index in [1.807, 2.05) is 12.1 Å². The van der Waals surface area contributed by atoms with Crippen molar-refractivity contribution in [2.75, 3.05) is 7.05 Å². The molecule has 0 saturated carbocycles. The van der Waals surface area contributed by atoms with Crippen LogP contribution in [-0.2, 0) is 0 Å². The van der Waals surface area contributed by atoms with E-state index in [-0.39, 0.29) is 5.75 Å². The Labute approximate surface area is 59.9 Å². The number of hydrogen-bond donors (Lipinski definition) is 1. The van der Waals surface area contributed by atoms with Crippen molar-refractivity contribution in [3.8, 4) is 5.75 Å². The summed E-state index contributed by atoms with van der Waals surface area (Å²) in [6.07, 6.45) is 1.74. The van der Waals surface area contributed by atoms with E-state index in [0.717, 1.165) is 5.56 Å². The highest BCUT2D eigenvalue weighted by Crippen LogP contribution is 2.07. The largest absolute Gasteiger partial charge is 0.508 e. The lowest BCUT2D eigenvalue weighted by molar-refractivity contribution is 0.475. The summed E-state index contributed by atoms with van der Waals surface area (Å²) < 4.78 is 0. The zero-order valence-corrected chi connectivity index (χ0v) is 5.78. The summed E-state index contributed by atoms with van der Waals surface area (Å²) in [5.41, 5.74) is 1.00. The highest BCUT2D eigenvalue weighted by molar-refractivity contribution is 5.79. The predicted molar refractivity (Wildman–Crippen MR) is 41.6 cm³/mol. The molecule has 1 aromatic rings. The van der Waals surface area contributed by atoms with E-state index in [9.17, 15) is 0 Å². The smallest absolute Gasteiger partial charge is 0.115 e. The molecule has 0 amide bonds. The first-order valence-corrected chi connectivity index (χ1v) is 3.04. The Morgan fingerprint density at radius 3 is 2.40 bits per heavy atom. The van der Waals surface area contributed by atoms with Gasteiger partial charge in [0, 0.05) is 13.3 Å². The van der Waals surface area contributed by atoms with Crippen molar-refractivity contribution in [3.63, 3.8) is 0 Å². The highest BCUT2D eigenvalue weighted by atomic mass is 16.3. The summed E-state index contributed by atoms with van der Waals surface area (Å²) in [4.78, 5) is 3.83. The number of rotatable bonds is 1. The van der Waals surface area contributed by atoms with Crippen LogP contribution in [0.3, 0.4) is 0 Å². The monoisotopic (exact) mass is 135 g/mol. The van der Waals surface area contributed by atoms with Crippen molar-refractivity contribution in [1.29, 1.82) is 0 Å². The van der Waals surface area contributed by atoms with E-state index in [2.05, 4.69) is 4.99 Å². The first-order chi connectivity index (χ1) is 4.83. The minimum atomic E-state index is 0.285. The molecular formula is C8H9NO. The van der Waals surface area contributed by atoms with Gasteiger partial charge in [0.2, 0.25) is 0 Å². The van der Waals surface area contributed by atoms with Gasteiger partial charge in [-0.05, 0) is 29.8 Å². The number of aromatic hydroxyl groups is 1. The molecule has 0 aromatic heterocycles. The molecule has 0 heterocycles. The van der Waals surface area contributed by atoms with Crippen LogP contribution in [-0.4, -0.2) is 18.4 Å². The molecule has 0 aliphatic rings. The van der Waals surface area contributed by atoms with E-state index >= 15 is 0 Å². The Morgan fingerprint density at radius 1 is 1.30 bits per heavy atom. The van der Waals surface area contributed by atoms with Gasteiger partial charge in [-0.1, -0.05) is 0 Å². The van der Waals surface area contributed by atoms with Gasteiger partial charge in [-0.3, -0.25) is 4.99 Å². The maximum Gasteiger partial charge on any atom is 0.115 e. The van der Waals surface area contributed by atoms with E-state index in [0.29, 0.717) is 0 Å². The van der Waals surface area contributed by atoms with Crippen LogP contribution >= 0.6 is 0 Å². The predicted octanol–water partition coefficient (Wildman–Crippen LogP) is 1.44. The van der Waals surface area contributed by atoms with E-state index < -0.39 is 0 Å². The molecule has 0 atom stereocenters. The fraction of sp³-hybridized carbons (Fsp3) is 0.125. The lowest BCUT2D eigenvalue weighted by Gasteiger charge is -1.91. The van der Waals surface area contributed by atoms with E-state index in [1.54, 1.807) is 25.4 Å². The highest BCUT2D eigenvalue weighted by Gasteiger charge is 1.86. The van der Waals surface area contributed by atoms with Crippen LogP contribution in [0.5, 0.6) is 5.75 Å². The molecule has 0 aliphatic carbocycles. The first-order valence-electron chi connectivity index (χ1n) is 3.04. The summed E-state index contributed by atoms with van der Waals surface area (Å²) in [5.74, 6) is 0.285. The van der Waals surface area contributed by atoms with Gasteiger partial charge in [-0.15, -0.1) is 0 Å². The maximum absolute atomic E-state index is 8.88. The van der Waals surface area contributed by atoms with Crippen molar-refractivity contribution < 1.29 is 5.11 Å². The average Bonchev–Trinajstić information content (AvgIpc) is 1.95.